The Labute approximate surface area is 147 Å². The van der Waals surface area contributed by atoms with Crippen molar-refractivity contribution >= 4 is 12.6 Å². The van der Waals surface area contributed by atoms with Crippen molar-refractivity contribution in [3.05, 3.63) is 23.8 Å². The zero-order chi connectivity index (χ0) is 18.2. The third-order valence-corrected chi connectivity index (χ3v) is 4.93. The van der Waals surface area contributed by atoms with Crippen LogP contribution in [0.25, 0.3) is 0 Å². The first-order valence-corrected chi connectivity index (χ1v) is 8.60. The maximum absolute atomic E-state index is 6.19. The van der Waals surface area contributed by atoms with Gasteiger partial charge >= 0.3 is 7.12 Å². The molecule has 1 heterocycles. The Morgan fingerprint density at radius 1 is 1.00 bits per heavy atom. The van der Waals surface area contributed by atoms with Gasteiger partial charge < -0.3 is 18.8 Å². The highest BCUT2D eigenvalue weighted by Gasteiger charge is 2.52. The molecule has 0 N–H and O–H groups in total. The minimum atomic E-state index is -0.429. The van der Waals surface area contributed by atoms with Gasteiger partial charge in [-0.3, -0.25) is 0 Å². The van der Waals surface area contributed by atoms with Gasteiger partial charge in [0.25, 0.3) is 0 Å². The van der Waals surface area contributed by atoms with Crippen LogP contribution >= 0.6 is 0 Å². The fourth-order valence-electron chi connectivity index (χ4n) is 2.53. The molecule has 0 radical (unpaired) electrons. The quantitative estimate of drug-likeness (QED) is 0.612. The molecule has 5 heteroatoms. The maximum Gasteiger partial charge on any atom is 0.498 e. The normalized spacial score (nSPS) is 19.6. The van der Waals surface area contributed by atoms with E-state index in [0.717, 1.165) is 11.2 Å². The molecule has 24 heavy (non-hydrogen) atoms. The molecule has 0 bridgehead atoms. The number of rotatable bonds is 5. The van der Waals surface area contributed by atoms with Gasteiger partial charge in [-0.1, -0.05) is 32.9 Å². The van der Waals surface area contributed by atoms with Crippen molar-refractivity contribution in [3.8, 4) is 5.75 Å². The molecule has 134 valence electrons. The number of methoxy groups -OCH3 is 1. The molecule has 0 amide bonds. The summed E-state index contributed by atoms with van der Waals surface area (Å²) in [6, 6.07) is 6.28. The predicted octanol–water partition coefficient (Wildman–Crippen LogP) is 3.31. The van der Waals surface area contributed by atoms with Crippen molar-refractivity contribution in [1.82, 2.24) is 0 Å². The van der Waals surface area contributed by atoms with Crippen LogP contribution in [-0.4, -0.2) is 38.6 Å². The maximum atomic E-state index is 6.19. The molecular formula is C19H31BO4. The van der Waals surface area contributed by atoms with E-state index in [9.17, 15) is 0 Å². The van der Waals surface area contributed by atoms with Gasteiger partial charge in [-0.05, 0) is 44.7 Å². The van der Waals surface area contributed by atoms with E-state index in [-0.39, 0.29) is 16.6 Å². The monoisotopic (exact) mass is 334 g/mol. The van der Waals surface area contributed by atoms with Crippen LogP contribution in [0.5, 0.6) is 5.75 Å². The van der Waals surface area contributed by atoms with Crippen LogP contribution in [0, 0.1) is 0 Å². The molecule has 4 nitrogen and oxygen atoms in total. The third-order valence-electron chi connectivity index (χ3n) is 4.93. The summed E-state index contributed by atoms with van der Waals surface area (Å²) < 4.78 is 23.5. The zero-order valence-corrected chi connectivity index (χ0v) is 16.4. The molecular weight excluding hydrogens is 303 g/mol. The van der Waals surface area contributed by atoms with Gasteiger partial charge in [0, 0.05) is 12.6 Å². The van der Waals surface area contributed by atoms with Crippen molar-refractivity contribution in [3.63, 3.8) is 0 Å². The van der Waals surface area contributed by atoms with Gasteiger partial charge in [0.1, 0.15) is 12.4 Å². The number of hydrogen-bond donors (Lipinski definition) is 0. The molecule has 0 aromatic heterocycles. The lowest BCUT2D eigenvalue weighted by atomic mass is 9.76. The fraction of sp³-hybridized carbons (Fsp3) is 0.684. The van der Waals surface area contributed by atoms with Crippen molar-refractivity contribution in [2.75, 3.05) is 20.3 Å². The minimum Gasteiger partial charge on any atom is -0.492 e. The highest BCUT2D eigenvalue weighted by molar-refractivity contribution is 6.63. The average Bonchev–Trinajstić information content (AvgIpc) is 2.66. The highest BCUT2D eigenvalue weighted by atomic mass is 16.7. The molecule has 1 aliphatic heterocycles. The summed E-state index contributed by atoms with van der Waals surface area (Å²) in [5.41, 5.74) is 1.45. The van der Waals surface area contributed by atoms with Crippen LogP contribution in [0.2, 0.25) is 0 Å². The van der Waals surface area contributed by atoms with Crippen LogP contribution < -0.4 is 10.2 Å². The minimum absolute atomic E-state index is 0.0494. The van der Waals surface area contributed by atoms with E-state index in [0.29, 0.717) is 13.2 Å². The van der Waals surface area contributed by atoms with Crippen LogP contribution in [0.4, 0.5) is 0 Å². The van der Waals surface area contributed by atoms with Gasteiger partial charge in [0.15, 0.2) is 0 Å². The smallest absolute Gasteiger partial charge is 0.492 e. The van der Waals surface area contributed by atoms with Crippen molar-refractivity contribution in [1.29, 1.82) is 0 Å². The molecule has 1 saturated heterocycles. The molecule has 1 aromatic carbocycles. The molecule has 1 aromatic rings. The molecule has 0 atom stereocenters. The molecule has 2 rings (SSSR count). The first-order chi connectivity index (χ1) is 11.0. The van der Waals surface area contributed by atoms with Gasteiger partial charge in [-0.15, -0.1) is 0 Å². The molecule has 0 saturated carbocycles. The molecule has 0 unspecified atom stereocenters. The van der Waals surface area contributed by atoms with Crippen molar-refractivity contribution < 1.29 is 18.8 Å². The van der Waals surface area contributed by atoms with Crippen LogP contribution in [0.3, 0.4) is 0 Å². The summed E-state index contributed by atoms with van der Waals surface area (Å²) in [6.07, 6.45) is 0. The van der Waals surface area contributed by atoms with Crippen molar-refractivity contribution in [2.45, 2.75) is 65.1 Å². The van der Waals surface area contributed by atoms with E-state index < -0.39 is 7.12 Å². The number of hydrogen-bond acceptors (Lipinski definition) is 4. The molecule has 0 aliphatic carbocycles. The van der Waals surface area contributed by atoms with Gasteiger partial charge in [-0.2, -0.15) is 0 Å². The average molecular weight is 334 g/mol. The Morgan fingerprint density at radius 2 is 1.58 bits per heavy atom. The van der Waals surface area contributed by atoms with E-state index in [4.69, 9.17) is 18.8 Å². The lowest BCUT2D eigenvalue weighted by Gasteiger charge is -2.32. The number of ether oxygens (including phenoxy) is 2. The van der Waals surface area contributed by atoms with E-state index in [1.165, 1.54) is 5.56 Å². The van der Waals surface area contributed by atoms with Gasteiger partial charge in [0.05, 0.1) is 17.8 Å². The Hall–Kier alpha value is -1.04. The van der Waals surface area contributed by atoms with Crippen molar-refractivity contribution in [2.24, 2.45) is 0 Å². The van der Waals surface area contributed by atoms with Crippen LogP contribution in [0.1, 0.15) is 54.0 Å². The first-order valence-electron chi connectivity index (χ1n) is 8.60. The zero-order valence-electron chi connectivity index (χ0n) is 16.4. The summed E-state index contributed by atoms with van der Waals surface area (Å²) in [5, 5.41) is 0. The lowest BCUT2D eigenvalue weighted by molar-refractivity contribution is 0.00578. The second kappa shape index (κ2) is 6.70. The van der Waals surface area contributed by atoms with Gasteiger partial charge in [-0.25, -0.2) is 0 Å². The van der Waals surface area contributed by atoms with Gasteiger partial charge in [0.2, 0.25) is 0 Å². The lowest BCUT2D eigenvalue weighted by Crippen LogP contribution is -2.41. The highest BCUT2D eigenvalue weighted by Crippen LogP contribution is 2.37. The molecule has 0 spiro atoms. The topological polar surface area (TPSA) is 36.9 Å². The molecule has 1 aliphatic rings. The standard InChI is InChI=1S/C19H31BO4/c1-17(2,3)14-9-10-15(16(13-14)22-12-11-21-8)20-23-18(4,5)19(6,7)24-20/h9-10,13H,11-12H2,1-8H3. The van der Waals surface area contributed by atoms with Crippen LogP contribution in [0.15, 0.2) is 18.2 Å². The Kier molecular flexibility index (Phi) is 5.38. The Balaban J connectivity index is 2.35. The summed E-state index contributed by atoms with van der Waals surface area (Å²) in [4.78, 5) is 0. The van der Waals surface area contributed by atoms with E-state index in [1.807, 2.05) is 0 Å². The van der Waals surface area contributed by atoms with Crippen LogP contribution in [-0.2, 0) is 19.5 Å². The number of benzene rings is 1. The van der Waals surface area contributed by atoms with E-state index in [2.05, 4.69) is 66.7 Å². The summed E-state index contributed by atoms with van der Waals surface area (Å²) in [7, 11) is 1.24. The summed E-state index contributed by atoms with van der Waals surface area (Å²) >= 11 is 0. The third kappa shape index (κ3) is 3.96. The first kappa shape index (κ1) is 19.3. The van der Waals surface area contributed by atoms with E-state index >= 15 is 0 Å². The fourth-order valence-corrected chi connectivity index (χ4v) is 2.53. The SMILES string of the molecule is COCCOc1cc(C(C)(C)C)ccc1B1OC(C)(C)C(C)(C)O1. The Bertz CT molecular complexity index is 559. The predicted molar refractivity (Wildman–Crippen MR) is 98.2 cm³/mol. The Morgan fingerprint density at radius 3 is 2.08 bits per heavy atom. The second-order valence-corrected chi connectivity index (χ2v) is 8.43. The second-order valence-electron chi connectivity index (χ2n) is 8.43. The largest absolute Gasteiger partial charge is 0.498 e. The summed E-state index contributed by atoms with van der Waals surface area (Å²) in [5.74, 6) is 0.804. The molecule has 1 fully saturated rings. The van der Waals surface area contributed by atoms with E-state index in [1.54, 1.807) is 7.11 Å². The summed E-state index contributed by atoms with van der Waals surface area (Å²) in [6.45, 7) is 15.8.